The average Bonchev–Trinajstić information content (AvgIpc) is 2.98. The van der Waals surface area contributed by atoms with E-state index in [1.165, 1.54) is 12.8 Å². The third kappa shape index (κ3) is 3.26. The van der Waals surface area contributed by atoms with Gasteiger partial charge in [0.25, 0.3) is 5.91 Å². The van der Waals surface area contributed by atoms with E-state index in [4.69, 9.17) is 4.74 Å². The molecule has 0 bridgehead atoms. The highest BCUT2D eigenvalue weighted by molar-refractivity contribution is 5.99. The molecule has 4 nitrogen and oxygen atoms in total. The third-order valence-electron chi connectivity index (χ3n) is 4.34. The predicted octanol–water partition coefficient (Wildman–Crippen LogP) is 2.64. The van der Waals surface area contributed by atoms with Crippen molar-refractivity contribution in [2.45, 2.75) is 51.0 Å². The van der Waals surface area contributed by atoms with Crippen LogP contribution < -0.4 is 10.1 Å². The second kappa shape index (κ2) is 6.29. The number of fused-ring (bicyclic) bond motifs is 1. The van der Waals surface area contributed by atoms with Crippen molar-refractivity contribution in [3.63, 3.8) is 0 Å². The van der Waals surface area contributed by atoms with Gasteiger partial charge in [-0.2, -0.15) is 0 Å². The quantitative estimate of drug-likeness (QED) is 0.926. The van der Waals surface area contributed by atoms with Crippen LogP contribution in [0.25, 0.3) is 0 Å². The lowest BCUT2D eigenvalue weighted by Gasteiger charge is -2.19. The van der Waals surface area contributed by atoms with E-state index in [1.54, 1.807) is 0 Å². The Bertz CT molecular complexity index is 547. The third-order valence-corrected chi connectivity index (χ3v) is 4.34. The van der Waals surface area contributed by atoms with Crippen LogP contribution in [-0.4, -0.2) is 24.3 Å². The van der Waals surface area contributed by atoms with Gasteiger partial charge in [-0.25, -0.2) is 0 Å². The summed E-state index contributed by atoms with van der Waals surface area (Å²) < 4.78 is 5.66. The van der Waals surface area contributed by atoms with Gasteiger partial charge in [0.15, 0.2) is 12.4 Å². The lowest BCUT2D eigenvalue weighted by atomic mass is 9.90. The maximum atomic E-state index is 11.9. The Kier molecular flexibility index (Phi) is 4.23. The van der Waals surface area contributed by atoms with Gasteiger partial charge >= 0.3 is 0 Å². The Morgan fingerprint density at radius 2 is 2.00 bits per heavy atom. The van der Waals surface area contributed by atoms with Crippen LogP contribution >= 0.6 is 0 Å². The van der Waals surface area contributed by atoms with Gasteiger partial charge in [0.1, 0.15) is 5.75 Å². The first-order chi connectivity index (χ1) is 10.2. The molecule has 1 amide bonds. The van der Waals surface area contributed by atoms with Crippen LogP contribution in [0, 0.1) is 0 Å². The number of ether oxygens (including phenoxy) is 1. The van der Waals surface area contributed by atoms with E-state index in [2.05, 4.69) is 5.32 Å². The van der Waals surface area contributed by atoms with Crippen LogP contribution in [0.5, 0.6) is 5.75 Å². The molecule has 21 heavy (non-hydrogen) atoms. The van der Waals surface area contributed by atoms with Gasteiger partial charge < -0.3 is 10.1 Å². The van der Waals surface area contributed by atoms with Crippen LogP contribution in [0.2, 0.25) is 0 Å². The number of carbonyl (C=O) groups excluding carboxylic acids is 2. The van der Waals surface area contributed by atoms with Crippen molar-refractivity contribution >= 4 is 11.7 Å². The zero-order valence-electron chi connectivity index (χ0n) is 12.2. The van der Waals surface area contributed by atoms with Crippen molar-refractivity contribution in [2.24, 2.45) is 0 Å². The van der Waals surface area contributed by atoms with E-state index in [0.29, 0.717) is 18.2 Å². The topological polar surface area (TPSA) is 55.4 Å². The van der Waals surface area contributed by atoms with Crippen LogP contribution in [0.1, 0.15) is 54.4 Å². The monoisotopic (exact) mass is 287 g/mol. The highest BCUT2D eigenvalue weighted by Gasteiger charge is 2.21. The summed E-state index contributed by atoms with van der Waals surface area (Å²) >= 11 is 0. The lowest BCUT2D eigenvalue weighted by Crippen LogP contribution is -2.36. The Balaban J connectivity index is 1.61. The molecule has 1 saturated carbocycles. The van der Waals surface area contributed by atoms with Gasteiger partial charge in [-0.15, -0.1) is 0 Å². The highest BCUT2D eigenvalue weighted by atomic mass is 16.5. The maximum absolute atomic E-state index is 11.9. The number of rotatable bonds is 4. The number of carbonyl (C=O) groups is 2. The molecule has 0 atom stereocenters. The van der Waals surface area contributed by atoms with Crippen LogP contribution in [-0.2, 0) is 11.2 Å². The minimum Gasteiger partial charge on any atom is -0.483 e. The Labute approximate surface area is 124 Å². The van der Waals surface area contributed by atoms with Gasteiger partial charge in [-0.1, -0.05) is 25.0 Å². The van der Waals surface area contributed by atoms with E-state index < -0.39 is 0 Å². The number of hydrogen-bond donors (Lipinski definition) is 1. The van der Waals surface area contributed by atoms with Gasteiger partial charge in [-0.05, 0) is 31.7 Å². The molecule has 0 heterocycles. The zero-order chi connectivity index (χ0) is 14.7. The summed E-state index contributed by atoms with van der Waals surface area (Å²) in [5.74, 6) is 0.792. The molecule has 0 radical (unpaired) electrons. The van der Waals surface area contributed by atoms with E-state index in [9.17, 15) is 9.59 Å². The predicted molar refractivity (Wildman–Crippen MR) is 79.6 cm³/mol. The summed E-state index contributed by atoms with van der Waals surface area (Å²) in [5, 5.41) is 3.01. The van der Waals surface area contributed by atoms with Gasteiger partial charge in [0.2, 0.25) is 0 Å². The van der Waals surface area contributed by atoms with Crippen molar-refractivity contribution in [3.05, 3.63) is 29.3 Å². The van der Waals surface area contributed by atoms with Gasteiger partial charge in [0, 0.05) is 23.6 Å². The summed E-state index contributed by atoms with van der Waals surface area (Å²) in [7, 11) is 0. The fraction of sp³-hybridized carbons (Fsp3) is 0.529. The lowest BCUT2D eigenvalue weighted by molar-refractivity contribution is -0.123. The molecule has 112 valence electrons. The minimum absolute atomic E-state index is 0.0289. The van der Waals surface area contributed by atoms with Crippen molar-refractivity contribution in [2.75, 3.05) is 6.61 Å². The summed E-state index contributed by atoms with van der Waals surface area (Å²) in [4.78, 5) is 23.8. The second-order valence-electron chi connectivity index (χ2n) is 5.90. The molecular formula is C17H21NO3. The highest BCUT2D eigenvalue weighted by Crippen LogP contribution is 2.29. The fourth-order valence-electron chi connectivity index (χ4n) is 3.26. The van der Waals surface area contributed by atoms with Crippen molar-refractivity contribution in [1.29, 1.82) is 0 Å². The van der Waals surface area contributed by atoms with Crippen molar-refractivity contribution < 1.29 is 14.3 Å². The summed E-state index contributed by atoms with van der Waals surface area (Å²) in [6.45, 7) is 0.0289. The molecule has 0 aromatic heterocycles. The first kappa shape index (κ1) is 14.1. The molecule has 0 unspecified atom stereocenters. The zero-order valence-corrected chi connectivity index (χ0v) is 12.2. The molecule has 0 saturated heterocycles. The molecule has 2 aliphatic carbocycles. The number of ketones is 1. The van der Waals surface area contributed by atoms with E-state index in [0.717, 1.165) is 36.8 Å². The van der Waals surface area contributed by atoms with Crippen LogP contribution in [0.4, 0.5) is 0 Å². The number of nitrogens with one attached hydrogen (secondary N) is 1. The first-order valence-corrected chi connectivity index (χ1v) is 7.81. The number of Topliss-reactive ketones (excluding diaryl/α,β-unsaturated/α-hetero) is 1. The molecule has 0 spiro atoms. The number of amides is 1. The van der Waals surface area contributed by atoms with E-state index >= 15 is 0 Å². The fourth-order valence-corrected chi connectivity index (χ4v) is 3.26. The Hall–Kier alpha value is -1.84. The smallest absolute Gasteiger partial charge is 0.258 e. The van der Waals surface area contributed by atoms with E-state index in [1.807, 2.05) is 18.2 Å². The van der Waals surface area contributed by atoms with E-state index in [-0.39, 0.29) is 18.3 Å². The number of benzene rings is 1. The summed E-state index contributed by atoms with van der Waals surface area (Å²) in [6.07, 6.45) is 6.85. The molecular weight excluding hydrogens is 266 g/mol. The van der Waals surface area contributed by atoms with Crippen molar-refractivity contribution in [3.8, 4) is 5.75 Å². The first-order valence-electron chi connectivity index (χ1n) is 7.81. The molecule has 1 N–H and O–H groups in total. The van der Waals surface area contributed by atoms with Crippen LogP contribution in [0.3, 0.4) is 0 Å². The molecule has 1 aromatic rings. The molecule has 0 aliphatic heterocycles. The minimum atomic E-state index is -0.0679. The average molecular weight is 287 g/mol. The molecule has 1 aromatic carbocycles. The summed E-state index contributed by atoms with van der Waals surface area (Å²) in [6, 6.07) is 5.84. The number of hydrogen-bond acceptors (Lipinski definition) is 3. The Morgan fingerprint density at radius 1 is 1.19 bits per heavy atom. The normalized spacial score (nSPS) is 18.4. The van der Waals surface area contributed by atoms with Gasteiger partial charge in [0.05, 0.1) is 0 Å². The standard InChI is InChI=1S/C17H21NO3/c19-15-9-3-8-14-13(15)7-4-10-16(14)21-11-17(20)18-12-5-1-2-6-12/h4,7,10,12H,1-3,5-6,8-9,11H2,(H,18,20). The molecule has 4 heteroatoms. The summed E-state index contributed by atoms with van der Waals surface area (Å²) in [5.41, 5.74) is 1.72. The Morgan fingerprint density at radius 3 is 2.81 bits per heavy atom. The van der Waals surface area contributed by atoms with Crippen LogP contribution in [0.15, 0.2) is 18.2 Å². The maximum Gasteiger partial charge on any atom is 0.258 e. The van der Waals surface area contributed by atoms with Crippen molar-refractivity contribution in [1.82, 2.24) is 5.32 Å². The molecule has 3 rings (SSSR count). The molecule has 2 aliphatic rings. The van der Waals surface area contributed by atoms with Gasteiger partial charge in [-0.3, -0.25) is 9.59 Å². The second-order valence-corrected chi connectivity index (χ2v) is 5.90. The largest absolute Gasteiger partial charge is 0.483 e. The SMILES string of the molecule is O=C(COc1cccc2c1CCCC2=O)NC1CCCC1. The molecule has 1 fully saturated rings.